The van der Waals surface area contributed by atoms with Crippen molar-refractivity contribution in [1.82, 2.24) is 5.32 Å². The molecule has 17 heavy (non-hydrogen) atoms. The van der Waals surface area contributed by atoms with Gasteiger partial charge in [-0.15, -0.1) is 0 Å². The first kappa shape index (κ1) is 13.9. The average molecular weight is 349 g/mol. The first-order valence-corrected chi connectivity index (χ1v) is 6.03. The van der Waals surface area contributed by atoms with Gasteiger partial charge in [0.05, 0.1) is 5.56 Å². The molecule has 6 heteroatoms. The lowest BCUT2D eigenvalue weighted by Crippen LogP contribution is -2.41. The van der Waals surface area contributed by atoms with Crippen molar-refractivity contribution in [2.24, 2.45) is 0 Å². The van der Waals surface area contributed by atoms with Crippen LogP contribution in [-0.2, 0) is 4.79 Å². The molecule has 1 atom stereocenters. The van der Waals surface area contributed by atoms with Crippen molar-refractivity contribution in [3.05, 3.63) is 33.4 Å². The van der Waals surface area contributed by atoms with Gasteiger partial charge in [0, 0.05) is 16.6 Å². The number of aliphatic hydroxyl groups excluding tert-OH is 1. The Kier molecular flexibility index (Phi) is 5.36. The van der Waals surface area contributed by atoms with E-state index in [4.69, 9.17) is 10.2 Å². The van der Waals surface area contributed by atoms with Crippen LogP contribution in [0.5, 0.6) is 0 Å². The summed E-state index contributed by atoms with van der Waals surface area (Å²) < 4.78 is 0.746. The molecule has 1 amide bonds. The van der Waals surface area contributed by atoms with E-state index in [1.165, 1.54) is 0 Å². The van der Waals surface area contributed by atoms with Gasteiger partial charge in [0.2, 0.25) is 0 Å². The zero-order valence-corrected chi connectivity index (χ0v) is 11.0. The van der Waals surface area contributed by atoms with Crippen LogP contribution in [-0.4, -0.2) is 34.7 Å². The SMILES string of the molecule is O=C(N[C@@H](CCO)C(=O)O)c1ccccc1I. The van der Waals surface area contributed by atoms with Crippen molar-refractivity contribution < 1.29 is 19.8 Å². The van der Waals surface area contributed by atoms with Crippen LogP contribution in [0.3, 0.4) is 0 Å². The summed E-state index contributed by atoms with van der Waals surface area (Å²) >= 11 is 2.00. The fourth-order valence-corrected chi connectivity index (χ4v) is 1.90. The van der Waals surface area contributed by atoms with Crippen molar-refractivity contribution in [2.45, 2.75) is 12.5 Å². The summed E-state index contributed by atoms with van der Waals surface area (Å²) in [6, 6.07) is 5.81. The predicted molar refractivity (Wildman–Crippen MR) is 69.8 cm³/mol. The number of halogens is 1. The summed E-state index contributed by atoms with van der Waals surface area (Å²) in [5.74, 6) is -1.60. The Morgan fingerprint density at radius 1 is 1.35 bits per heavy atom. The molecule has 0 aliphatic carbocycles. The molecule has 1 aromatic carbocycles. The third kappa shape index (κ3) is 3.97. The van der Waals surface area contributed by atoms with E-state index in [0.717, 1.165) is 3.57 Å². The number of nitrogens with one attached hydrogen (secondary N) is 1. The zero-order valence-electron chi connectivity index (χ0n) is 8.89. The molecule has 3 N–H and O–H groups in total. The number of amides is 1. The van der Waals surface area contributed by atoms with E-state index in [9.17, 15) is 9.59 Å². The van der Waals surface area contributed by atoms with Gasteiger partial charge in [0.1, 0.15) is 6.04 Å². The number of carboxylic acids is 1. The van der Waals surface area contributed by atoms with Crippen molar-refractivity contribution in [3.8, 4) is 0 Å². The van der Waals surface area contributed by atoms with E-state index in [1.54, 1.807) is 24.3 Å². The van der Waals surface area contributed by atoms with Crippen molar-refractivity contribution in [3.63, 3.8) is 0 Å². The molecular weight excluding hydrogens is 337 g/mol. The molecule has 0 aliphatic rings. The smallest absolute Gasteiger partial charge is 0.326 e. The standard InChI is InChI=1S/C11H12INO4/c12-8-4-2-1-3-7(8)10(15)13-9(5-6-14)11(16)17/h1-4,9,14H,5-6H2,(H,13,15)(H,16,17)/t9-/m0/s1. The molecule has 1 rings (SSSR count). The third-order valence-electron chi connectivity index (χ3n) is 2.14. The first-order chi connectivity index (χ1) is 8.06. The van der Waals surface area contributed by atoms with Crippen molar-refractivity contribution in [2.75, 3.05) is 6.61 Å². The molecule has 0 saturated heterocycles. The van der Waals surface area contributed by atoms with Gasteiger partial charge in [-0.05, 0) is 34.7 Å². The van der Waals surface area contributed by atoms with E-state index >= 15 is 0 Å². The highest BCUT2D eigenvalue weighted by Gasteiger charge is 2.20. The fourth-order valence-electron chi connectivity index (χ4n) is 1.27. The van der Waals surface area contributed by atoms with Gasteiger partial charge < -0.3 is 15.5 Å². The van der Waals surface area contributed by atoms with E-state index in [1.807, 2.05) is 22.6 Å². The monoisotopic (exact) mass is 349 g/mol. The number of benzene rings is 1. The molecule has 0 fully saturated rings. The molecular formula is C11H12INO4. The lowest BCUT2D eigenvalue weighted by Gasteiger charge is -2.13. The summed E-state index contributed by atoms with van der Waals surface area (Å²) in [5, 5.41) is 19.9. The second kappa shape index (κ2) is 6.55. The van der Waals surface area contributed by atoms with Crippen LogP contribution in [0.25, 0.3) is 0 Å². The van der Waals surface area contributed by atoms with Crippen LogP contribution in [0.1, 0.15) is 16.8 Å². The molecule has 0 spiro atoms. The van der Waals surface area contributed by atoms with Gasteiger partial charge in [-0.2, -0.15) is 0 Å². The summed E-state index contributed by atoms with van der Waals surface area (Å²) in [7, 11) is 0. The molecule has 0 bridgehead atoms. The predicted octanol–water partition coefficient (Wildman–Crippen LogP) is 0.857. The van der Waals surface area contributed by atoms with Crippen LogP contribution >= 0.6 is 22.6 Å². The summed E-state index contributed by atoms with van der Waals surface area (Å²) in [6.07, 6.45) is -0.00944. The van der Waals surface area contributed by atoms with Gasteiger partial charge in [0.15, 0.2) is 0 Å². The maximum absolute atomic E-state index is 11.8. The molecule has 0 aromatic heterocycles. The Labute approximate surface area is 112 Å². The molecule has 0 unspecified atom stereocenters. The molecule has 0 aliphatic heterocycles. The van der Waals surface area contributed by atoms with E-state index in [-0.39, 0.29) is 13.0 Å². The van der Waals surface area contributed by atoms with Gasteiger partial charge in [-0.25, -0.2) is 4.79 Å². The lowest BCUT2D eigenvalue weighted by molar-refractivity contribution is -0.139. The van der Waals surface area contributed by atoms with Crippen LogP contribution in [0, 0.1) is 3.57 Å². The highest BCUT2D eigenvalue weighted by Crippen LogP contribution is 2.11. The quantitative estimate of drug-likeness (QED) is 0.688. The summed E-state index contributed by atoms with van der Waals surface area (Å²) in [6.45, 7) is -0.289. The largest absolute Gasteiger partial charge is 0.480 e. The second-order valence-electron chi connectivity index (χ2n) is 3.36. The van der Waals surface area contributed by atoms with Crippen LogP contribution in [0.2, 0.25) is 0 Å². The minimum absolute atomic E-state index is 0.00944. The number of aliphatic hydroxyl groups is 1. The molecule has 0 saturated carbocycles. The maximum atomic E-state index is 11.8. The number of hydrogen-bond donors (Lipinski definition) is 3. The molecule has 92 valence electrons. The van der Waals surface area contributed by atoms with E-state index < -0.39 is 17.9 Å². The lowest BCUT2D eigenvalue weighted by atomic mass is 10.1. The van der Waals surface area contributed by atoms with Crippen molar-refractivity contribution >= 4 is 34.5 Å². The average Bonchev–Trinajstić information content (AvgIpc) is 2.28. The third-order valence-corrected chi connectivity index (χ3v) is 3.08. The fraction of sp³-hybridized carbons (Fsp3) is 0.273. The number of carboxylic acid groups (broad SMARTS) is 1. The number of aliphatic carboxylic acids is 1. The van der Waals surface area contributed by atoms with Gasteiger partial charge in [-0.3, -0.25) is 4.79 Å². The minimum atomic E-state index is -1.15. The Balaban J connectivity index is 2.77. The van der Waals surface area contributed by atoms with Crippen LogP contribution in [0.4, 0.5) is 0 Å². The van der Waals surface area contributed by atoms with Gasteiger partial charge in [0.25, 0.3) is 5.91 Å². The number of rotatable bonds is 5. The highest BCUT2D eigenvalue weighted by molar-refractivity contribution is 14.1. The van der Waals surface area contributed by atoms with Crippen LogP contribution < -0.4 is 5.32 Å². The molecule has 0 heterocycles. The molecule has 0 radical (unpaired) electrons. The van der Waals surface area contributed by atoms with E-state index in [0.29, 0.717) is 5.56 Å². The topological polar surface area (TPSA) is 86.6 Å². The zero-order chi connectivity index (χ0) is 12.8. The first-order valence-electron chi connectivity index (χ1n) is 4.95. The Morgan fingerprint density at radius 3 is 2.53 bits per heavy atom. The maximum Gasteiger partial charge on any atom is 0.326 e. The summed E-state index contributed by atoms with van der Waals surface area (Å²) in [5.41, 5.74) is 0.428. The Morgan fingerprint density at radius 2 is 2.00 bits per heavy atom. The number of carbonyl (C=O) groups excluding carboxylic acids is 1. The highest BCUT2D eigenvalue weighted by atomic mass is 127. The summed E-state index contributed by atoms with van der Waals surface area (Å²) in [4.78, 5) is 22.6. The van der Waals surface area contributed by atoms with Gasteiger partial charge in [-0.1, -0.05) is 12.1 Å². The number of hydrogen-bond acceptors (Lipinski definition) is 3. The Hall–Kier alpha value is -1.15. The minimum Gasteiger partial charge on any atom is -0.480 e. The Bertz CT molecular complexity index is 422. The van der Waals surface area contributed by atoms with Gasteiger partial charge >= 0.3 is 5.97 Å². The molecule has 1 aromatic rings. The molecule has 5 nitrogen and oxygen atoms in total. The van der Waals surface area contributed by atoms with E-state index in [2.05, 4.69) is 5.32 Å². The number of carbonyl (C=O) groups is 2. The van der Waals surface area contributed by atoms with Crippen molar-refractivity contribution in [1.29, 1.82) is 0 Å². The normalized spacial score (nSPS) is 11.9. The second-order valence-corrected chi connectivity index (χ2v) is 4.52. The van der Waals surface area contributed by atoms with Crippen LogP contribution in [0.15, 0.2) is 24.3 Å².